The molecule has 0 saturated carbocycles. The number of piperidine rings is 1. The van der Waals surface area contributed by atoms with Gasteiger partial charge in [-0.15, -0.1) is 11.3 Å². The first-order chi connectivity index (χ1) is 12.2. The highest BCUT2D eigenvalue weighted by molar-refractivity contribution is 7.17. The Kier molecular flexibility index (Phi) is 4.40. The van der Waals surface area contributed by atoms with E-state index in [1.54, 1.807) is 11.3 Å². The molecule has 1 fully saturated rings. The van der Waals surface area contributed by atoms with Crippen molar-refractivity contribution in [3.63, 3.8) is 0 Å². The van der Waals surface area contributed by atoms with E-state index >= 15 is 0 Å². The summed E-state index contributed by atoms with van der Waals surface area (Å²) in [5.41, 5.74) is 1.17. The van der Waals surface area contributed by atoms with E-state index in [1.807, 2.05) is 24.0 Å². The molecule has 25 heavy (non-hydrogen) atoms. The molecule has 4 rings (SSSR count). The van der Waals surface area contributed by atoms with Crippen molar-refractivity contribution in [2.24, 2.45) is 0 Å². The smallest absolute Gasteiger partial charge is 0.317 e. The van der Waals surface area contributed by atoms with Crippen LogP contribution in [0, 0.1) is 6.92 Å². The number of aromatic nitrogens is 2. The Morgan fingerprint density at radius 1 is 1.36 bits per heavy atom. The van der Waals surface area contributed by atoms with Crippen LogP contribution in [0.3, 0.4) is 0 Å². The van der Waals surface area contributed by atoms with Gasteiger partial charge in [-0.2, -0.15) is 4.98 Å². The van der Waals surface area contributed by atoms with Crippen molar-refractivity contribution in [2.75, 3.05) is 13.1 Å². The van der Waals surface area contributed by atoms with Gasteiger partial charge in [-0.25, -0.2) is 4.79 Å². The second-order valence-electron chi connectivity index (χ2n) is 6.36. The Morgan fingerprint density at radius 2 is 2.16 bits per heavy atom. The SMILES string of the molecule is Cc1noc(C2CCN(C(=O)NCc3csc4ccccc34)CC2)n1. The highest BCUT2D eigenvalue weighted by atomic mass is 32.1. The second-order valence-corrected chi connectivity index (χ2v) is 7.27. The molecular formula is C18H20N4O2S. The topological polar surface area (TPSA) is 71.3 Å². The van der Waals surface area contributed by atoms with E-state index in [9.17, 15) is 4.79 Å². The number of rotatable bonds is 3. The van der Waals surface area contributed by atoms with Crippen LogP contribution in [0.1, 0.15) is 36.0 Å². The Balaban J connectivity index is 1.32. The van der Waals surface area contributed by atoms with E-state index in [1.165, 1.54) is 15.6 Å². The van der Waals surface area contributed by atoms with Crippen LogP contribution >= 0.6 is 11.3 Å². The molecule has 0 atom stereocenters. The fraction of sp³-hybridized carbons (Fsp3) is 0.389. The number of hydrogen-bond donors (Lipinski definition) is 1. The number of hydrogen-bond acceptors (Lipinski definition) is 5. The lowest BCUT2D eigenvalue weighted by molar-refractivity contribution is 0.175. The molecule has 130 valence electrons. The summed E-state index contributed by atoms with van der Waals surface area (Å²) in [6.07, 6.45) is 1.72. The lowest BCUT2D eigenvalue weighted by Gasteiger charge is -2.30. The highest BCUT2D eigenvalue weighted by Gasteiger charge is 2.27. The van der Waals surface area contributed by atoms with E-state index in [2.05, 4.69) is 33.0 Å². The number of urea groups is 1. The minimum atomic E-state index is -0.00422. The van der Waals surface area contributed by atoms with Crippen LogP contribution in [0.15, 0.2) is 34.2 Å². The molecule has 0 radical (unpaired) electrons. The maximum absolute atomic E-state index is 12.4. The molecule has 0 aliphatic carbocycles. The predicted molar refractivity (Wildman–Crippen MR) is 96.6 cm³/mol. The van der Waals surface area contributed by atoms with Gasteiger partial charge in [0, 0.05) is 30.3 Å². The molecule has 2 amide bonds. The molecule has 1 aliphatic rings. The molecule has 1 N–H and O–H groups in total. The van der Waals surface area contributed by atoms with Gasteiger partial charge >= 0.3 is 6.03 Å². The zero-order valence-electron chi connectivity index (χ0n) is 14.1. The van der Waals surface area contributed by atoms with Crippen molar-refractivity contribution >= 4 is 27.5 Å². The molecule has 0 bridgehead atoms. The van der Waals surface area contributed by atoms with E-state index < -0.39 is 0 Å². The number of nitrogens with one attached hydrogen (secondary N) is 1. The summed E-state index contributed by atoms with van der Waals surface area (Å²) in [6.45, 7) is 3.81. The minimum Gasteiger partial charge on any atom is -0.339 e. The molecule has 2 aromatic heterocycles. The van der Waals surface area contributed by atoms with E-state index in [-0.39, 0.29) is 11.9 Å². The Morgan fingerprint density at radius 3 is 2.92 bits per heavy atom. The van der Waals surface area contributed by atoms with Crippen LogP contribution in [-0.2, 0) is 6.54 Å². The molecule has 0 unspecified atom stereocenters. The summed E-state index contributed by atoms with van der Waals surface area (Å²) < 4.78 is 6.51. The van der Waals surface area contributed by atoms with Crippen molar-refractivity contribution in [1.29, 1.82) is 0 Å². The van der Waals surface area contributed by atoms with Crippen molar-refractivity contribution in [2.45, 2.75) is 32.2 Å². The number of carbonyl (C=O) groups excluding carboxylic acids is 1. The monoisotopic (exact) mass is 356 g/mol. The summed E-state index contributed by atoms with van der Waals surface area (Å²) in [7, 11) is 0. The van der Waals surface area contributed by atoms with Crippen LogP contribution < -0.4 is 5.32 Å². The van der Waals surface area contributed by atoms with Gasteiger partial charge in [0.05, 0.1) is 0 Å². The summed E-state index contributed by atoms with van der Waals surface area (Å²) in [5, 5.41) is 10.2. The number of carbonyl (C=O) groups is 1. The minimum absolute atomic E-state index is 0.00422. The molecule has 6 nitrogen and oxygen atoms in total. The van der Waals surface area contributed by atoms with Gasteiger partial charge in [0.2, 0.25) is 5.89 Å². The van der Waals surface area contributed by atoms with Crippen molar-refractivity contribution < 1.29 is 9.32 Å². The van der Waals surface area contributed by atoms with Gasteiger partial charge in [-0.05, 0) is 42.2 Å². The standard InChI is InChI=1S/C18H20N4O2S/c1-12-20-17(24-21-12)13-6-8-22(9-7-13)18(23)19-10-14-11-25-16-5-3-2-4-15(14)16/h2-5,11,13H,6-10H2,1H3,(H,19,23). The number of amides is 2. The van der Waals surface area contributed by atoms with Gasteiger partial charge < -0.3 is 14.7 Å². The maximum atomic E-state index is 12.4. The first kappa shape index (κ1) is 16.1. The van der Waals surface area contributed by atoms with Gasteiger partial charge in [0.15, 0.2) is 5.82 Å². The average molecular weight is 356 g/mol. The average Bonchev–Trinajstić information content (AvgIpc) is 3.26. The molecular weight excluding hydrogens is 336 g/mol. The number of benzene rings is 1. The lowest BCUT2D eigenvalue weighted by atomic mass is 9.97. The number of fused-ring (bicyclic) bond motifs is 1. The fourth-order valence-corrected chi connectivity index (χ4v) is 4.22. The summed E-state index contributed by atoms with van der Waals surface area (Å²) in [6, 6.07) is 8.27. The van der Waals surface area contributed by atoms with Gasteiger partial charge in [-0.1, -0.05) is 23.4 Å². The molecule has 7 heteroatoms. The molecule has 3 aromatic rings. The third-order valence-electron chi connectivity index (χ3n) is 4.67. The number of nitrogens with zero attached hydrogens (tertiary/aromatic N) is 3. The fourth-order valence-electron chi connectivity index (χ4n) is 3.26. The van der Waals surface area contributed by atoms with E-state index in [4.69, 9.17) is 4.52 Å². The molecule has 3 heterocycles. The normalized spacial score (nSPS) is 15.6. The van der Waals surface area contributed by atoms with Crippen LogP contribution in [0.4, 0.5) is 4.79 Å². The lowest BCUT2D eigenvalue weighted by Crippen LogP contribution is -2.43. The zero-order valence-corrected chi connectivity index (χ0v) is 14.9. The number of thiophene rings is 1. The van der Waals surface area contributed by atoms with Gasteiger partial charge in [0.25, 0.3) is 0 Å². The van der Waals surface area contributed by atoms with Crippen molar-refractivity contribution in [3.05, 3.63) is 46.9 Å². The van der Waals surface area contributed by atoms with Gasteiger partial charge in [-0.3, -0.25) is 0 Å². The summed E-state index contributed by atoms with van der Waals surface area (Å²) in [5.74, 6) is 1.62. The van der Waals surface area contributed by atoms with Crippen LogP contribution in [0.5, 0.6) is 0 Å². The van der Waals surface area contributed by atoms with Crippen LogP contribution in [-0.4, -0.2) is 34.2 Å². The predicted octanol–water partition coefficient (Wildman–Crippen LogP) is 3.68. The van der Waals surface area contributed by atoms with Crippen LogP contribution in [0.2, 0.25) is 0 Å². The van der Waals surface area contributed by atoms with Crippen molar-refractivity contribution in [1.82, 2.24) is 20.4 Å². The Labute approximate surface area is 149 Å². The summed E-state index contributed by atoms with van der Waals surface area (Å²) >= 11 is 1.71. The number of likely N-dealkylation sites (tertiary alicyclic amines) is 1. The third kappa shape index (κ3) is 3.37. The second kappa shape index (κ2) is 6.84. The van der Waals surface area contributed by atoms with Crippen LogP contribution in [0.25, 0.3) is 10.1 Å². The third-order valence-corrected chi connectivity index (χ3v) is 5.68. The number of aryl methyl sites for hydroxylation is 1. The summed E-state index contributed by atoms with van der Waals surface area (Å²) in [4.78, 5) is 18.6. The molecule has 1 aliphatic heterocycles. The highest BCUT2D eigenvalue weighted by Crippen LogP contribution is 2.27. The van der Waals surface area contributed by atoms with E-state index in [0.717, 1.165) is 12.8 Å². The molecule has 1 saturated heterocycles. The molecule has 0 spiro atoms. The quantitative estimate of drug-likeness (QED) is 0.777. The largest absolute Gasteiger partial charge is 0.339 e. The maximum Gasteiger partial charge on any atom is 0.317 e. The Hall–Kier alpha value is -2.41. The van der Waals surface area contributed by atoms with Gasteiger partial charge in [0.1, 0.15) is 0 Å². The van der Waals surface area contributed by atoms with Crippen molar-refractivity contribution in [3.8, 4) is 0 Å². The first-order valence-corrected chi connectivity index (χ1v) is 9.37. The first-order valence-electron chi connectivity index (χ1n) is 8.49. The zero-order chi connectivity index (χ0) is 17.2. The Bertz CT molecular complexity index is 880. The molecule has 1 aromatic carbocycles. The van der Waals surface area contributed by atoms with E-state index in [0.29, 0.717) is 31.3 Å².